The zero-order valence-corrected chi connectivity index (χ0v) is 41.2. The number of hydrogen-bond acceptors (Lipinski definition) is 2. The Labute approximate surface area is 390 Å². The van der Waals surface area contributed by atoms with Crippen molar-refractivity contribution in [3.8, 4) is 27.9 Å². The van der Waals surface area contributed by atoms with Gasteiger partial charge in [-0.25, -0.2) is 0 Å². The number of rotatable bonds is 1. The molecule has 2 aliphatic heterocycles. The van der Waals surface area contributed by atoms with Gasteiger partial charge in [0.05, 0.1) is 11.0 Å². The molecule has 0 radical (unpaired) electrons. The Morgan fingerprint density at radius 3 is 1.89 bits per heavy atom. The third-order valence-electron chi connectivity index (χ3n) is 17.1. The Hall–Kier alpha value is -6.00. The average Bonchev–Trinajstić information content (AvgIpc) is 3.87. The van der Waals surface area contributed by atoms with Gasteiger partial charge >= 0.3 is 6.85 Å². The molecule has 0 N–H and O–H groups in total. The standard InChI is InChI=1S/C62H61BN2O/c1-34-26-43-41-29-45-40(39-28-47-48(33-46(39)62(45,12)13)61(10,11)25-24-60(47,8)9)30-52(41)65(37-21-18-35(19-22-37)58(2,3)4)63-49-27-36(59(5,6)7)20-23-50(49)64-51-31-42-38-16-14-15-17-53(38)66-54(42)32-44(51)55(34)57(64)56(43)63/h14-23,26-33H,24-25H2,1-13H3. The van der Waals surface area contributed by atoms with Crippen LogP contribution in [0.1, 0.15) is 135 Å². The number of furan rings is 1. The van der Waals surface area contributed by atoms with Crippen LogP contribution in [0.4, 0.5) is 11.4 Å². The zero-order valence-electron chi connectivity index (χ0n) is 41.2. The summed E-state index contributed by atoms with van der Waals surface area (Å²) in [6, 6.07) is 43.2. The molecule has 4 aliphatic rings. The molecule has 328 valence electrons. The first-order chi connectivity index (χ1) is 31.1. The van der Waals surface area contributed by atoms with E-state index in [4.69, 9.17) is 4.42 Å². The minimum absolute atomic E-state index is 0.0370. The summed E-state index contributed by atoms with van der Waals surface area (Å²) in [5, 5.41) is 4.89. The molecule has 4 heteroatoms. The molecule has 3 nitrogen and oxygen atoms in total. The van der Waals surface area contributed by atoms with Crippen molar-refractivity contribution in [2.24, 2.45) is 0 Å². The van der Waals surface area contributed by atoms with Crippen LogP contribution in [0.3, 0.4) is 0 Å². The molecule has 13 rings (SSSR count). The van der Waals surface area contributed by atoms with Gasteiger partial charge in [-0.2, -0.15) is 0 Å². The number of fused-ring (bicyclic) bond motifs is 15. The topological polar surface area (TPSA) is 21.3 Å². The molecule has 2 aromatic heterocycles. The maximum Gasteiger partial charge on any atom is 0.333 e. The van der Waals surface area contributed by atoms with Gasteiger partial charge < -0.3 is 13.8 Å². The largest absolute Gasteiger partial charge is 0.456 e. The number of aromatic nitrogens is 1. The van der Waals surface area contributed by atoms with E-state index in [0.717, 1.165) is 21.9 Å². The Balaban J connectivity index is 1.17. The number of hydrogen-bond donors (Lipinski definition) is 0. The average molecular weight is 861 g/mol. The Bertz CT molecular complexity index is 3650. The first-order valence-electron chi connectivity index (χ1n) is 24.5. The SMILES string of the molecule is Cc1cc2c3c4c1c1cc5oc6ccccc6c5cc1n4-c1ccc(C(C)(C)C)cc1B3N(c1ccc(C(C)(C)C)cc1)c1cc3c(cc1-2)C(C)(C)c1cc2c(cc1-3)C(C)(C)CCC2(C)C. The summed E-state index contributed by atoms with van der Waals surface area (Å²) in [4.78, 5) is 2.74. The highest BCUT2D eigenvalue weighted by atomic mass is 16.3. The van der Waals surface area contributed by atoms with Crippen LogP contribution in [-0.2, 0) is 27.1 Å². The fourth-order valence-corrected chi connectivity index (χ4v) is 13.1. The van der Waals surface area contributed by atoms with Gasteiger partial charge in [0.25, 0.3) is 0 Å². The fraction of sp³-hybridized carbons (Fsp3) is 0.323. The van der Waals surface area contributed by atoms with Gasteiger partial charge in [-0.15, -0.1) is 0 Å². The monoisotopic (exact) mass is 860 g/mol. The number of benzene rings is 7. The van der Waals surface area contributed by atoms with Crippen LogP contribution >= 0.6 is 0 Å². The summed E-state index contributed by atoms with van der Waals surface area (Å²) in [6.45, 7) is 31.1. The van der Waals surface area contributed by atoms with Crippen molar-refractivity contribution in [2.75, 3.05) is 4.81 Å². The lowest BCUT2D eigenvalue weighted by molar-refractivity contribution is 0.331. The third-order valence-corrected chi connectivity index (χ3v) is 17.1. The summed E-state index contributed by atoms with van der Waals surface area (Å²) in [6.07, 6.45) is 2.41. The summed E-state index contributed by atoms with van der Waals surface area (Å²) >= 11 is 0. The lowest BCUT2D eigenvalue weighted by Crippen LogP contribution is -2.60. The molecule has 9 aromatic rings. The minimum atomic E-state index is -0.168. The zero-order chi connectivity index (χ0) is 45.9. The molecule has 0 atom stereocenters. The highest BCUT2D eigenvalue weighted by Crippen LogP contribution is 2.58. The Morgan fingerprint density at radius 1 is 0.545 bits per heavy atom. The van der Waals surface area contributed by atoms with E-state index in [1.54, 1.807) is 0 Å². The van der Waals surface area contributed by atoms with Crippen LogP contribution in [0.5, 0.6) is 0 Å². The third kappa shape index (κ3) is 5.17. The maximum absolute atomic E-state index is 6.62. The number of nitrogens with zero attached hydrogens (tertiary/aromatic N) is 2. The predicted molar refractivity (Wildman–Crippen MR) is 282 cm³/mol. The second-order valence-electron chi connectivity index (χ2n) is 24.5. The van der Waals surface area contributed by atoms with Gasteiger partial charge in [0.1, 0.15) is 11.2 Å². The van der Waals surface area contributed by atoms with Crippen LogP contribution in [-0.4, -0.2) is 11.4 Å². The van der Waals surface area contributed by atoms with Gasteiger partial charge in [-0.1, -0.05) is 138 Å². The van der Waals surface area contributed by atoms with E-state index in [1.807, 2.05) is 0 Å². The molecule has 0 fully saturated rings. The molecule has 0 spiro atoms. The van der Waals surface area contributed by atoms with Crippen molar-refractivity contribution < 1.29 is 4.42 Å². The van der Waals surface area contributed by atoms with E-state index in [0.29, 0.717) is 0 Å². The molecule has 0 bridgehead atoms. The summed E-state index contributed by atoms with van der Waals surface area (Å²) < 4.78 is 9.25. The van der Waals surface area contributed by atoms with Crippen LogP contribution in [0.25, 0.3) is 71.7 Å². The lowest BCUT2D eigenvalue weighted by atomic mass is 9.43. The lowest BCUT2D eigenvalue weighted by Gasteiger charge is -2.43. The van der Waals surface area contributed by atoms with Gasteiger partial charge in [-0.3, -0.25) is 0 Å². The molecule has 0 unspecified atom stereocenters. The predicted octanol–water partition coefficient (Wildman–Crippen LogP) is 15.5. The normalized spacial score (nSPS) is 17.3. The first kappa shape index (κ1) is 40.3. The van der Waals surface area contributed by atoms with Gasteiger partial charge in [0.2, 0.25) is 0 Å². The van der Waals surface area contributed by atoms with Crippen LogP contribution in [0.2, 0.25) is 0 Å². The van der Waals surface area contributed by atoms with Gasteiger partial charge in [-0.05, 0) is 163 Å². The van der Waals surface area contributed by atoms with E-state index in [2.05, 4.69) is 209 Å². The molecule has 0 saturated carbocycles. The molecule has 7 aromatic carbocycles. The highest BCUT2D eigenvalue weighted by Gasteiger charge is 2.48. The second kappa shape index (κ2) is 12.5. The van der Waals surface area contributed by atoms with Crippen LogP contribution in [0.15, 0.2) is 114 Å². The Kier molecular flexibility index (Phi) is 7.63. The van der Waals surface area contributed by atoms with Crippen LogP contribution in [0, 0.1) is 6.92 Å². The summed E-state index contributed by atoms with van der Waals surface area (Å²) in [5.41, 5.74) is 26.5. The van der Waals surface area contributed by atoms with Gasteiger partial charge in [0.15, 0.2) is 0 Å². The van der Waals surface area contributed by atoms with Crippen molar-refractivity contribution in [1.82, 2.24) is 4.57 Å². The first-order valence-corrected chi connectivity index (χ1v) is 24.5. The van der Waals surface area contributed by atoms with E-state index < -0.39 is 0 Å². The molecule has 0 saturated heterocycles. The van der Waals surface area contributed by atoms with Crippen molar-refractivity contribution in [1.29, 1.82) is 0 Å². The van der Waals surface area contributed by atoms with Crippen molar-refractivity contribution in [3.63, 3.8) is 0 Å². The quantitative estimate of drug-likeness (QED) is 0.153. The van der Waals surface area contributed by atoms with Crippen molar-refractivity contribution in [2.45, 2.75) is 130 Å². The van der Waals surface area contributed by atoms with Crippen LogP contribution < -0.4 is 15.7 Å². The molecule has 2 aliphatic carbocycles. The Morgan fingerprint density at radius 2 is 1.18 bits per heavy atom. The van der Waals surface area contributed by atoms with E-state index >= 15 is 0 Å². The molecule has 66 heavy (non-hydrogen) atoms. The fourth-order valence-electron chi connectivity index (χ4n) is 13.1. The van der Waals surface area contributed by atoms with E-state index in [1.165, 1.54) is 124 Å². The van der Waals surface area contributed by atoms with Gasteiger partial charge in [0, 0.05) is 49.6 Å². The molecular formula is C62H61BN2O. The minimum Gasteiger partial charge on any atom is -0.456 e. The summed E-state index contributed by atoms with van der Waals surface area (Å²) in [7, 11) is 0. The second-order valence-corrected chi connectivity index (χ2v) is 24.5. The maximum atomic E-state index is 6.62. The molecule has 4 heterocycles. The van der Waals surface area contributed by atoms with E-state index in [-0.39, 0.29) is 33.9 Å². The van der Waals surface area contributed by atoms with Crippen molar-refractivity contribution in [3.05, 3.63) is 148 Å². The highest BCUT2D eigenvalue weighted by molar-refractivity contribution is 6.93. The smallest absolute Gasteiger partial charge is 0.333 e. The van der Waals surface area contributed by atoms with Crippen molar-refractivity contribution >= 4 is 72.9 Å². The number of aryl methyl sites for hydroxylation is 1. The number of para-hydroxylation sites is 1. The molecular weight excluding hydrogens is 800 g/mol. The number of anilines is 2. The summed E-state index contributed by atoms with van der Waals surface area (Å²) in [5.74, 6) is 0. The molecule has 0 amide bonds. The van der Waals surface area contributed by atoms with E-state index in [9.17, 15) is 0 Å².